The van der Waals surface area contributed by atoms with Crippen LogP contribution in [-0.2, 0) is 4.79 Å². The van der Waals surface area contributed by atoms with Crippen molar-refractivity contribution in [2.24, 2.45) is 0 Å². The molecule has 0 unspecified atom stereocenters. The minimum Gasteiger partial charge on any atom is -0.368 e. The van der Waals surface area contributed by atoms with Gasteiger partial charge in [-0.2, -0.15) is 0 Å². The molecule has 170 valence electrons. The van der Waals surface area contributed by atoms with E-state index in [0.29, 0.717) is 5.69 Å². The number of benzene rings is 3. The fourth-order valence-electron chi connectivity index (χ4n) is 4.48. The predicted octanol–water partition coefficient (Wildman–Crippen LogP) is 5.18. The number of carbonyl (C=O) groups excluding carboxylic acids is 1. The summed E-state index contributed by atoms with van der Waals surface area (Å²) in [5, 5.41) is 3.07. The van der Waals surface area contributed by atoms with Crippen molar-refractivity contribution in [1.29, 1.82) is 0 Å². The summed E-state index contributed by atoms with van der Waals surface area (Å²) in [6.45, 7) is 3.75. The Balaban J connectivity index is 1.25. The summed E-state index contributed by atoms with van der Waals surface area (Å²) in [5.41, 5.74) is 3.90. The van der Waals surface area contributed by atoms with E-state index in [1.54, 1.807) is 6.20 Å². The maximum Gasteiger partial charge on any atom is 0.236 e. The van der Waals surface area contributed by atoms with Crippen molar-refractivity contribution in [2.75, 3.05) is 41.3 Å². The van der Waals surface area contributed by atoms with Gasteiger partial charge in [0.1, 0.15) is 5.82 Å². The van der Waals surface area contributed by atoms with Crippen LogP contribution in [0.5, 0.6) is 0 Å². The molecule has 1 aliphatic heterocycles. The first-order chi connectivity index (χ1) is 16.8. The van der Waals surface area contributed by atoms with Crippen molar-refractivity contribution in [3.63, 3.8) is 0 Å². The number of rotatable bonds is 6. The number of nitrogens with zero attached hydrogens (tertiary/aromatic N) is 3. The number of piperazine rings is 1. The molecule has 2 heterocycles. The van der Waals surface area contributed by atoms with Crippen molar-refractivity contribution in [3.8, 4) is 0 Å². The van der Waals surface area contributed by atoms with Gasteiger partial charge < -0.3 is 15.1 Å². The first kappa shape index (κ1) is 21.7. The third-order valence-corrected chi connectivity index (χ3v) is 6.27. The lowest BCUT2D eigenvalue weighted by Crippen LogP contribution is -2.46. The lowest BCUT2D eigenvalue weighted by molar-refractivity contribution is -0.116. The molecule has 0 saturated carbocycles. The van der Waals surface area contributed by atoms with Crippen molar-refractivity contribution in [1.82, 2.24) is 4.98 Å². The molecule has 0 radical (unpaired) electrons. The summed E-state index contributed by atoms with van der Waals surface area (Å²) in [4.78, 5) is 22.7. The third kappa shape index (κ3) is 4.94. The van der Waals surface area contributed by atoms with Crippen LogP contribution in [0.25, 0.3) is 0 Å². The predicted molar refractivity (Wildman–Crippen MR) is 138 cm³/mol. The second-order valence-corrected chi connectivity index (χ2v) is 8.46. The third-order valence-electron chi connectivity index (χ3n) is 6.27. The summed E-state index contributed by atoms with van der Waals surface area (Å²) in [7, 11) is 0. The first-order valence-electron chi connectivity index (χ1n) is 11.7. The van der Waals surface area contributed by atoms with Gasteiger partial charge >= 0.3 is 0 Å². The molecule has 0 spiro atoms. The Labute approximate surface area is 200 Å². The molecule has 34 heavy (non-hydrogen) atoms. The summed E-state index contributed by atoms with van der Waals surface area (Å²) in [5.74, 6) is 0.491. The Morgan fingerprint density at radius 3 is 1.74 bits per heavy atom. The average molecular weight is 449 g/mol. The van der Waals surface area contributed by atoms with Gasteiger partial charge in [0.25, 0.3) is 0 Å². The average Bonchev–Trinajstić information content (AvgIpc) is 2.91. The fraction of sp³-hybridized carbons (Fsp3) is 0.172. The van der Waals surface area contributed by atoms with E-state index in [1.807, 2.05) is 78.9 Å². The molecular weight excluding hydrogens is 420 g/mol. The molecule has 0 atom stereocenters. The topological polar surface area (TPSA) is 48.5 Å². The van der Waals surface area contributed by atoms with Gasteiger partial charge in [0, 0.05) is 31.9 Å². The standard InChI is InChI=1S/C29H28N4O/c34-29(28(23-10-4-1-5-11-23)24-12-6-2-7-13-24)31-25-16-17-27(30-22-25)33-20-18-32(19-21-33)26-14-8-3-9-15-26/h1-17,22,28H,18-21H2,(H,31,34). The Bertz CT molecular complexity index is 1150. The quantitative estimate of drug-likeness (QED) is 0.442. The molecule has 1 amide bonds. The Kier molecular flexibility index (Phi) is 6.52. The van der Waals surface area contributed by atoms with Crippen molar-refractivity contribution in [3.05, 3.63) is 120 Å². The Morgan fingerprint density at radius 2 is 1.21 bits per heavy atom. The molecule has 5 rings (SSSR count). The highest BCUT2D eigenvalue weighted by molar-refractivity contribution is 5.98. The Morgan fingerprint density at radius 1 is 0.676 bits per heavy atom. The van der Waals surface area contributed by atoms with Crippen LogP contribution in [0.3, 0.4) is 0 Å². The summed E-state index contributed by atoms with van der Waals surface area (Å²) in [6, 6.07) is 34.2. The van der Waals surface area contributed by atoms with E-state index in [4.69, 9.17) is 0 Å². The second-order valence-electron chi connectivity index (χ2n) is 8.46. The molecule has 4 aromatic rings. The highest BCUT2D eigenvalue weighted by Gasteiger charge is 2.23. The first-order valence-corrected chi connectivity index (χ1v) is 11.7. The molecule has 1 aromatic heterocycles. The van der Waals surface area contributed by atoms with Crippen LogP contribution in [0, 0.1) is 0 Å². The number of nitrogens with one attached hydrogen (secondary N) is 1. The molecule has 0 aliphatic carbocycles. The van der Waals surface area contributed by atoms with E-state index in [0.717, 1.165) is 43.1 Å². The van der Waals surface area contributed by atoms with Crippen LogP contribution in [0.15, 0.2) is 109 Å². The highest BCUT2D eigenvalue weighted by atomic mass is 16.1. The number of carbonyl (C=O) groups is 1. The number of amides is 1. The van der Waals surface area contributed by atoms with Gasteiger partial charge in [-0.05, 0) is 35.4 Å². The maximum atomic E-state index is 13.3. The number of anilines is 3. The molecule has 3 aromatic carbocycles. The SMILES string of the molecule is O=C(Nc1ccc(N2CCN(c3ccccc3)CC2)nc1)C(c1ccccc1)c1ccccc1. The maximum absolute atomic E-state index is 13.3. The summed E-state index contributed by atoms with van der Waals surface area (Å²) in [6.07, 6.45) is 1.75. The van der Waals surface area contributed by atoms with Gasteiger partial charge in [-0.1, -0.05) is 78.9 Å². The van der Waals surface area contributed by atoms with Crippen LogP contribution in [0.2, 0.25) is 0 Å². The monoisotopic (exact) mass is 448 g/mol. The van der Waals surface area contributed by atoms with Crippen molar-refractivity contribution >= 4 is 23.1 Å². The molecule has 1 aliphatic rings. The lowest BCUT2D eigenvalue weighted by atomic mass is 9.90. The lowest BCUT2D eigenvalue weighted by Gasteiger charge is -2.36. The van der Waals surface area contributed by atoms with Crippen LogP contribution >= 0.6 is 0 Å². The van der Waals surface area contributed by atoms with Gasteiger partial charge in [0.05, 0.1) is 17.8 Å². The van der Waals surface area contributed by atoms with Gasteiger partial charge in [0.15, 0.2) is 0 Å². The van der Waals surface area contributed by atoms with Crippen molar-refractivity contribution < 1.29 is 4.79 Å². The van der Waals surface area contributed by atoms with Crippen LogP contribution < -0.4 is 15.1 Å². The Hall–Kier alpha value is -4.12. The molecule has 5 heteroatoms. The van der Waals surface area contributed by atoms with E-state index < -0.39 is 0 Å². The molecular formula is C29H28N4O. The van der Waals surface area contributed by atoms with E-state index in [2.05, 4.69) is 44.4 Å². The molecule has 1 N–H and O–H groups in total. The summed E-state index contributed by atoms with van der Waals surface area (Å²) < 4.78 is 0. The van der Waals surface area contributed by atoms with Gasteiger partial charge in [-0.15, -0.1) is 0 Å². The van der Waals surface area contributed by atoms with E-state index in [9.17, 15) is 4.79 Å². The van der Waals surface area contributed by atoms with Crippen molar-refractivity contribution in [2.45, 2.75) is 5.92 Å². The van der Waals surface area contributed by atoms with E-state index >= 15 is 0 Å². The fourth-order valence-corrected chi connectivity index (χ4v) is 4.48. The molecule has 0 bridgehead atoms. The minimum absolute atomic E-state index is 0.0663. The minimum atomic E-state index is -0.381. The smallest absolute Gasteiger partial charge is 0.236 e. The summed E-state index contributed by atoms with van der Waals surface area (Å²) >= 11 is 0. The van der Waals surface area contributed by atoms with Gasteiger partial charge in [-0.25, -0.2) is 4.98 Å². The zero-order valence-corrected chi connectivity index (χ0v) is 19.0. The zero-order chi connectivity index (χ0) is 23.2. The molecule has 1 saturated heterocycles. The zero-order valence-electron chi connectivity index (χ0n) is 19.0. The normalized spacial score (nSPS) is 13.7. The van der Waals surface area contributed by atoms with Crippen LogP contribution in [0.1, 0.15) is 17.0 Å². The second kappa shape index (κ2) is 10.2. The van der Waals surface area contributed by atoms with E-state index in [-0.39, 0.29) is 11.8 Å². The number of aromatic nitrogens is 1. The number of hydrogen-bond donors (Lipinski definition) is 1. The number of hydrogen-bond acceptors (Lipinski definition) is 4. The van der Waals surface area contributed by atoms with Crippen LogP contribution in [0.4, 0.5) is 17.2 Å². The molecule has 5 nitrogen and oxygen atoms in total. The van der Waals surface area contributed by atoms with Gasteiger partial charge in [0.2, 0.25) is 5.91 Å². The van der Waals surface area contributed by atoms with Gasteiger partial charge in [-0.3, -0.25) is 4.79 Å². The number of pyridine rings is 1. The largest absolute Gasteiger partial charge is 0.368 e. The number of para-hydroxylation sites is 1. The highest BCUT2D eigenvalue weighted by Crippen LogP contribution is 2.27. The van der Waals surface area contributed by atoms with E-state index in [1.165, 1.54) is 5.69 Å². The molecule has 1 fully saturated rings. The van der Waals surface area contributed by atoms with Crippen LogP contribution in [-0.4, -0.2) is 37.1 Å².